The summed E-state index contributed by atoms with van der Waals surface area (Å²) < 4.78 is 56.6. The Morgan fingerprint density at radius 3 is 2.56 bits per heavy atom. The number of hydrogen-bond donors (Lipinski definition) is 2. The zero-order valence-electron chi connectivity index (χ0n) is 18.8. The number of rotatable bonds is 11. The number of halogens is 1. The molecule has 1 heterocycles. The molecule has 0 bridgehead atoms. The van der Waals surface area contributed by atoms with Crippen LogP contribution in [0, 0.1) is 12.7 Å². The molecular weight excluding hydrogens is 467 g/mol. The van der Waals surface area contributed by atoms with Crippen LogP contribution in [0.4, 0.5) is 10.1 Å². The summed E-state index contributed by atoms with van der Waals surface area (Å²) in [6.07, 6.45) is 1.70. The fourth-order valence-corrected chi connectivity index (χ4v) is 4.23. The Bertz CT molecular complexity index is 1140. The summed E-state index contributed by atoms with van der Waals surface area (Å²) >= 11 is 0. The van der Waals surface area contributed by atoms with Gasteiger partial charge in [-0.15, -0.1) is 0 Å². The van der Waals surface area contributed by atoms with E-state index in [0.717, 1.165) is 0 Å². The second-order valence-corrected chi connectivity index (χ2v) is 9.45. The summed E-state index contributed by atoms with van der Waals surface area (Å²) in [4.78, 5) is 23.7. The number of aryl methyl sites for hydroxylation is 1. The van der Waals surface area contributed by atoms with Gasteiger partial charge in [-0.1, -0.05) is 12.5 Å². The summed E-state index contributed by atoms with van der Waals surface area (Å²) in [5.74, 6) is -0.637. The number of anilines is 1. The lowest BCUT2D eigenvalue weighted by molar-refractivity contribution is -0.147. The van der Waals surface area contributed by atoms with E-state index >= 15 is 0 Å². The van der Waals surface area contributed by atoms with Crippen molar-refractivity contribution in [3.05, 3.63) is 47.8 Å². The maximum Gasteiger partial charge on any atom is 0.306 e. The number of esters is 1. The van der Waals surface area contributed by atoms with Gasteiger partial charge in [0.15, 0.2) is 18.1 Å². The third-order valence-corrected chi connectivity index (χ3v) is 6.45. The van der Waals surface area contributed by atoms with E-state index in [1.54, 1.807) is 19.1 Å². The summed E-state index contributed by atoms with van der Waals surface area (Å²) in [5.41, 5.74) is 0.739. The van der Waals surface area contributed by atoms with Crippen molar-refractivity contribution in [1.82, 2.24) is 4.72 Å². The Balaban J connectivity index is 1.29. The van der Waals surface area contributed by atoms with E-state index in [2.05, 4.69) is 10.0 Å². The van der Waals surface area contributed by atoms with Gasteiger partial charge in [-0.3, -0.25) is 9.59 Å². The normalized spacial score (nSPS) is 12.8. The Hall–Kier alpha value is -3.18. The predicted octanol–water partition coefficient (Wildman–Crippen LogP) is 2.93. The predicted molar refractivity (Wildman–Crippen MR) is 122 cm³/mol. The zero-order chi connectivity index (χ0) is 24.6. The van der Waals surface area contributed by atoms with Gasteiger partial charge >= 0.3 is 5.97 Å². The number of benzene rings is 2. The Kier molecular flexibility index (Phi) is 8.83. The van der Waals surface area contributed by atoms with Gasteiger partial charge in [0.2, 0.25) is 10.0 Å². The minimum atomic E-state index is -3.69. The van der Waals surface area contributed by atoms with Gasteiger partial charge in [0.25, 0.3) is 5.91 Å². The highest BCUT2D eigenvalue weighted by atomic mass is 32.2. The molecule has 0 spiro atoms. The average molecular weight is 495 g/mol. The first-order chi connectivity index (χ1) is 16.2. The van der Waals surface area contributed by atoms with Gasteiger partial charge < -0.3 is 19.5 Å². The van der Waals surface area contributed by atoms with E-state index in [1.165, 1.54) is 24.3 Å². The van der Waals surface area contributed by atoms with Crippen molar-refractivity contribution >= 4 is 27.6 Å². The highest BCUT2D eigenvalue weighted by Gasteiger charge is 2.19. The summed E-state index contributed by atoms with van der Waals surface area (Å²) in [7, 11) is -3.69. The van der Waals surface area contributed by atoms with Gasteiger partial charge in [0, 0.05) is 24.7 Å². The molecule has 0 aromatic heterocycles. The lowest BCUT2D eigenvalue weighted by Crippen LogP contribution is -2.25. The largest absolute Gasteiger partial charge is 0.486 e. The lowest BCUT2D eigenvalue weighted by Gasteiger charge is -2.18. The van der Waals surface area contributed by atoms with Crippen LogP contribution in [-0.2, 0) is 24.3 Å². The third kappa shape index (κ3) is 7.42. The molecule has 184 valence electrons. The van der Waals surface area contributed by atoms with E-state index in [0.29, 0.717) is 49.5 Å². The number of ether oxygens (including phenoxy) is 3. The molecule has 2 aromatic carbocycles. The van der Waals surface area contributed by atoms with Crippen molar-refractivity contribution in [1.29, 1.82) is 0 Å². The SMILES string of the molecule is Cc1ccc(NC(=O)COC(=O)CCCCCNS(=O)(=O)c2ccc3c(c2)OCCO3)cc1F. The number of sulfonamides is 1. The molecule has 9 nitrogen and oxygen atoms in total. The zero-order valence-corrected chi connectivity index (χ0v) is 19.6. The molecule has 0 saturated heterocycles. The highest BCUT2D eigenvalue weighted by Crippen LogP contribution is 2.32. The number of fused-ring (bicyclic) bond motifs is 1. The average Bonchev–Trinajstić information content (AvgIpc) is 2.82. The summed E-state index contributed by atoms with van der Waals surface area (Å²) in [6.45, 7) is 2.14. The number of unbranched alkanes of at least 4 members (excludes halogenated alkanes) is 2. The topological polar surface area (TPSA) is 120 Å². The molecule has 3 rings (SSSR count). The first-order valence-corrected chi connectivity index (χ1v) is 12.3. The molecule has 1 aliphatic rings. The molecule has 0 aliphatic carbocycles. The molecule has 1 aliphatic heterocycles. The molecular formula is C23H27FN2O7S. The lowest BCUT2D eigenvalue weighted by atomic mass is 10.2. The smallest absolute Gasteiger partial charge is 0.306 e. The Morgan fingerprint density at radius 2 is 1.79 bits per heavy atom. The summed E-state index contributed by atoms with van der Waals surface area (Å²) in [6, 6.07) is 8.73. The van der Waals surface area contributed by atoms with Crippen molar-refractivity contribution in [2.24, 2.45) is 0 Å². The molecule has 0 atom stereocenters. The van der Waals surface area contributed by atoms with E-state index in [1.807, 2.05) is 0 Å². The van der Waals surface area contributed by atoms with E-state index in [4.69, 9.17) is 14.2 Å². The second-order valence-electron chi connectivity index (χ2n) is 7.69. The van der Waals surface area contributed by atoms with Gasteiger partial charge in [-0.2, -0.15) is 0 Å². The third-order valence-electron chi connectivity index (χ3n) is 4.99. The van der Waals surface area contributed by atoms with Crippen molar-refractivity contribution in [3.8, 4) is 11.5 Å². The molecule has 0 radical (unpaired) electrons. The minimum absolute atomic E-state index is 0.0898. The van der Waals surface area contributed by atoms with Gasteiger partial charge in [-0.25, -0.2) is 17.5 Å². The van der Waals surface area contributed by atoms with Crippen LogP contribution in [-0.4, -0.2) is 46.7 Å². The highest BCUT2D eigenvalue weighted by molar-refractivity contribution is 7.89. The van der Waals surface area contributed by atoms with Crippen LogP contribution in [0.25, 0.3) is 0 Å². The van der Waals surface area contributed by atoms with E-state index < -0.39 is 34.3 Å². The number of carbonyl (C=O) groups excluding carboxylic acids is 2. The van der Waals surface area contributed by atoms with Gasteiger partial charge in [0.05, 0.1) is 4.90 Å². The van der Waals surface area contributed by atoms with Crippen LogP contribution in [0.1, 0.15) is 31.2 Å². The first-order valence-electron chi connectivity index (χ1n) is 10.9. The van der Waals surface area contributed by atoms with Crippen LogP contribution in [0.2, 0.25) is 0 Å². The minimum Gasteiger partial charge on any atom is -0.486 e. The Morgan fingerprint density at radius 1 is 1.03 bits per heavy atom. The number of hydrogen-bond acceptors (Lipinski definition) is 7. The Labute approximate surface area is 197 Å². The molecule has 2 N–H and O–H groups in total. The fourth-order valence-electron chi connectivity index (χ4n) is 3.14. The van der Waals surface area contributed by atoms with Crippen molar-refractivity contribution in [3.63, 3.8) is 0 Å². The number of nitrogens with one attached hydrogen (secondary N) is 2. The molecule has 0 fully saturated rings. The van der Waals surface area contributed by atoms with Crippen LogP contribution < -0.4 is 19.5 Å². The maximum atomic E-state index is 13.5. The number of carbonyl (C=O) groups is 2. The molecule has 2 aromatic rings. The van der Waals surface area contributed by atoms with Crippen molar-refractivity contribution < 1.29 is 36.6 Å². The van der Waals surface area contributed by atoms with Crippen molar-refractivity contribution in [2.45, 2.75) is 37.5 Å². The maximum absolute atomic E-state index is 13.5. The summed E-state index contributed by atoms with van der Waals surface area (Å²) in [5, 5.41) is 2.46. The van der Waals surface area contributed by atoms with Crippen LogP contribution in [0.15, 0.2) is 41.3 Å². The van der Waals surface area contributed by atoms with Crippen molar-refractivity contribution in [2.75, 3.05) is 31.7 Å². The standard InChI is InChI=1S/C23H27FN2O7S/c1-16-6-7-17(13-19(16)24)26-22(27)15-33-23(28)5-3-2-4-10-25-34(29,30)18-8-9-20-21(14-18)32-12-11-31-20/h6-9,13-14,25H,2-5,10-12,15H2,1H3,(H,26,27). The molecule has 11 heteroatoms. The monoisotopic (exact) mass is 494 g/mol. The van der Waals surface area contributed by atoms with Crippen LogP contribution >= 0.6 is 0 Å². The quantitative estimate of drug-likeness (QED) is 0.364. The second kappa shape index (κ2) is 11.8. The fraction of sp³-hybridized carbons (Fsp3) is 0.391. The van der Waals surface area contributed by atoms with Gasteiger partial charge in [-0.05, 0) is 49.6 Å². The molecule has 34 heavy (non-hydrogen) atoms. The molecule has 1 amide bonds. The van der Waals surface area contributed by atoms with Crippen LogP contribution in [0.5, 0.6) is 11.5 Å². The number of amides is 1. The van der Waals surface area contributed by atoms with Gasteiger partial charge in [0.1, 0.15) is 19.0 Å². The molecule has 0 saturated carbocycles. The van der Waals surface area contributed by atoms with Crippen LogP contribution in [0.3, 0.4) is 0 Å². The first kappa shape index (κ1) is 25.4. The molecule has 0 unspecified atom stereocenters. The van der Waals surface area contributed by atoms with E-state index in [-0.39, 0.29) is 23.5 Å². The van der Waals surface area contributed by atoms with E-state index in [9.17, 15) is 22.4 Å².